The normalized spacial score (nSPS) is 11.1. The number of nitrogens with zero attached hydrogens (tertiary/aromatic N) is 3. The molecule has 0 radical (unpaired) electrons. The highest BCUT2D eigenvalue weighted by atomic mass is 35.5. The molecule has 0 bridgehead atoms. The number of unbranched alkanes of at least 4 members (excludes halogenated alkanes) is 1. The smallest absolute Gasteiger partial charge is 0.296 e. The van der Waals surface area contributed by atoms with E-state index in [0.29, 0.717) is 10.7 Å². The zero-order valence-corrected chi connectivity index (χ0v) is 9.20. The van der Waals surface area contributed by atoms with E-state index < -0.39 is 0 Å². The van der Waals surface area contributed by atoms with Gasteiger partial charge in [0, 0.05) is 12.7 Å². The fraction of sp³-hybridized carbons (Fsp3) is 0.400. The Labute approximate surface area is 92.5 Å². The van der Waals surface area contributed by atoms with Gasteiger partial charge in [-0.15, -0.1) is 0 Å². The van der Waals surface area contributed by atoms with Gasteiger partial charge in [-0.25, -0.2) is 4.98 Å². The van der Waals surface area contributed by atoms with E-state index in [9.17, 15) is 5.11 Å². The molecule has 2 aromatic heterocycles. The lowest BCUT2D eigenvalue weighted by atomic mass is 10.3. The first-order valence-corrected chi connectivity index (χ1v) is 5.31. The Morgan fingerprint density at radius 1 is 1.53 bits per heavy atom. The van der Waals surface area contributed by atoms with Crippen molar-refractivity contribution in [2.45, 2.75) is 26.3 Å². The van der Waals surface area contributed by atoms with Crippen molar-refractivity contribution in [3.63, 3.8) is 0 Å². The largest absolute Gasteiger partial charge is 0.480 e. The molecule has 15 heavy (non-hydrogen) atoms. The van der Waals surface area contributed by atoms with E-state index in [1.165, 1.54) is 6.20 Å². The molecule has 0 saturated carbocycles. The number of aryl methyl sites for hydroxylation is 1. The average Bonchev–Trinajstić information content (AvgIpc) is 2.51. The molecule has 4 nitrogen and oxygen atoms in total. The molecular formula is C10H12ClN3O. The third-order valence-corrected chi connectivity index (χ3v) is 2.49. The summed E-state index contributed by atoms with van der Waals surface area (Å²) in [4.78, 5) is 8.00. The molecule has 2 rings (SSSR count). The van der Waals surface area contributed by atoms with Crippen LogP contribution in [0.5, 0.6) is 6.01 Å². The molecule has 0 saturated heterocycles. The molecule has 0 unspecified atom stereocenters. The second-order valence-corrected chi connectivity index (χ2v) is 3.85. The van der Waals surface area contributed by atoms with Crippen LogP contribution >= 0.6 is 11.6 Å². The van der Waals surface area contributed by atoms with Crippen molar-refractivity contribution in [3.8, 4) is 6.01 Å². The number of hydrogen-bond acceptors (Lipinski definition) is 3. The first-order chi connectivity index (χ1) is 7.22. The quantitative estimate of drug-likeness (QED) is 0.874. The summed E-state index contributed by atoms with van der Waals surface area (Å²) in [6.07, 6.45) is 3.58. The molecule has 1 N–H and O–H groups in total. The van der Waals surface area contributed by atoms with Gasteiger partial charge in [0.1, 0.15) is 0 Å². The molecule has 0 aromatic carbocycles. The Morgan fingerprint density at radius 2 is 2.33 bits per heavy atom. The summed E-state index contributed by atoms with van der Waals surface area (Å²) in [5.41, 5.74) is 1.32. The van der Waals surface area contributed by atoms with Gasteiger partial charge >= 0.3 is 0 Å². The van der Waals surface area contributed by atoms with Crippen LogP contribution in [-0.2, 0) is 6.54 Å². The maximum absolute atomic E-state index is 9.62. The second kappa shape index (κ2) is 4.06. The van der Waals surface area contributed by atoms with Gasteiger partial charge < -0.3 is 5.11 Å². The Morgan fingerprint density at radius 3 is 3.07 bits per heavy atom. The second-order valence-electron chi connectivity index (χ2n) is 3.41. The molecule has 0 aliphatic rings. The molecule has 0 spiro atoms. The number of aromatic nitrogens is 3. The van der Waals surface area contributed by atoms with E-state index in [2.05, 4.69) is 16.9 Å². The van der Waals surface area contributed by atoms with E-state index in [1.54, 1.807) is 10.6 Å². The van der Waals surface area contributed by atoms with Gasteiger partial charge in [0.15, 0.2) is 5.65 Å². The Bertz CT molecular complexity index is 481. The summed E-state index contributed by atoms with van der Waals surface area (Å²) in [5.74, 6) is 0. The van der Waals surface area contributed by atoms with Crippen LogP contribution in [0.1, 0.15) is 19.8 Å². The highest BCUT2D eigenvalue weighted by Crippen LogP contribution is 2.22. The van der Waals surface area contributed by atoms with Crippen molar-refractivity contribution in [1.29, 1.82) is 0 Å². The molecule has 0 atom stereocenters. The number of pyridine rings is 1. The lowest BCUT2D eigenvalue weighted by molar-refractivity contribution is 0.398. The number of halogens is 1. The monoisotopic (exact) mass is 225 g/mol. The molecule has 80 valence electrons. The maximum Gasteiger partial charge on any atom is 0.296 e. The van der Waals surface area contributed by atoms with E-state index in [4.69, 9.17) is 11.6 Å². The summed E-state index contributed by atoms with van der Waals surface area (Å²) in [5, 5.41) is 10.2. The molecule has 0 aliphatic heterocycles. The van der Waals surface area contributed by atoms with Gasteiger partial charge in [0.2, 0.25) is 0 Å². The first kappa shape index (κ1) is 10.2. The fourth-order valence-corrected chi connectivity index (χ4v) is 1.66. The summed E-state index contributed by atoms with van der Waals surface area (Å²) in [6.45, 7) is 2.84. The standard InChI is InChI=1S/C10H12ClN3O/c1-2-3-4-14-8-5-7(11)6-12-9(8)13-10(14)15/h5-6H,2-4H2,1H3,(H,12,13,15). The third kappa shape index (κ3) is 1.90. The predicted octanol–water partition coefficient (Wildman–Crippen LogP) is 2.59. The topological polar surface area (TPSA) is 50.9 Å². The number of aromatic hydroxyl groups is 1. The number of imidazole rings is 1. The SMILES string of the molecule is CCCCn1c(O)nc2ncc(Cl)cc21. The lowest BCUT2D eigenvalue weighted by Crippen LogP contribution is -1.96. The lowest BCUT2D eigenvalue weighted by Gasteiger charge is -2.03. The Hall–Kier alpha value is -1.29. The highest BCUT2D eigenvalue weighted by molar-refractivity contribution is 6.31. The van der Waals surface area contributed by atoms with Crippen molar-refractivity contribution in [3.05, 3.63) is 17.3 Å². The zero-order chi connectivity index (χ0) is 10.8. The van der Waals surface area contributed by atoms with Crippen molar-refractivity contribution in [1.82, 2.24) is 14.5 Å². The van der Waals surface area contributed by atoms with Crippen LogP contribution in [0.15, 0.2) is 12.3 Å². The first-order valence-electron chi connectivity index (χ1n) is 4.93. The molecule has 5 heteroatoms. The zero-order valence-electron chi connectivity index (χ0n) is 8.44. The number of rotatable bonds is 3. The molecule has 2 heterocycles. The molecular weight excluding hydrogens is 214 g/mol. The van der Waals surface area contributed by atoms with Gasteiger partial charge in [-0.2, -0.15) is 4.98 Å². The fourth-order valence-electron chi connectivity index (χ4n) is 1.51. The summed E-state index contributed by atoms with van der Waals surface area (Å²) < 4.78 is 1.73. The van der Waals surface area contributed by atoms with Crippen molar-refractivity contribution < 1.29 is 5.11 Å². The Balaban J connectivity index is 2.50. The Kier molecular flexibility index (Phi) is 2.77. The van der Waals surface area contributed by atoms with Crippen LogP contribution < -0.4 is 0 Å². The maximum atomic E-state index is 9.62. The van der Waals surface area contributed by atoms with Crippen LogP contribution in [0.25, 0.3) is 11.2 Å². The summed E-state index contributed by atoms with van der Waals surface area (Å²) in [6, 6.07) is 1.78. The van der Waals surface area contributed by atoms with Crippen molar-refractivity contribution in [2.75, 3.05) is 0 Å². The van der Waals surface area contributed by atoms with Gasteiger partial charge in [-0.3, -0.25) is 4.57 Å². The molecule has 0 amide bonds. The molecule has 0 aliphatic carbocycles. The van der Waals surface area contributed by atoms with Crippen LogP contribution in [0, 0.1) is 0 Å². The van der Waals surface area contributed by atoms with Crippen molar-refractivity contribution >= 4 is 22.8 Å². The summed E-state index contributed by atoms with van der Waals surface area (Å²) >= 11 is 5.85. The minimum atomic E-state index is 0.00761. The van der Waals surface area contributed by atoms with Crippen LogP contribution in [0.4, 0.5) is 0 Å². The molecule has 0 fully saturated rings. The highest BCUT2D eigenvalue weighted by Gasteiger charge is 2.10. The summed E-state index contributed by atoms with van der Waals surface area (Å²) in [7, 11) is 0. The predicted molar refractivity (Wildman–Crippen MR) is 59.1 cm³/mol. The number of hydrogen-bond donors (Lipinski definition) is 1. The van der Waals surface area contributed by atoms with Crippen LogP contribution in [0.2, 0.25) is 5.02 Å². The van der Waals surface area contributed by atoms with Gasteiger partial charge in [0.05, 0.1) is 10.5 Å². The number of fused-ring (bicyclic) bond motifs is 1. The molecule has 2 aromatic rings. The average molecular weight is 226 g/mol. The van der Waals surface area contributed by atoms with Crippen molar-refractivity contribution in [2.24, 2.45) is 0 Å². The van der Waals surface area contributed by atoms with Crippen LogP contribution in [-0.4, -0.2) is 19.6 Å². The van der Waals surface area contributed by atoms with E-state index in [0.717, 1.165) is 24.9 Å². The van der Waals surface area contributed by atoms with E-state index in [-0.39, 0.29) is 6.01 Å². The minimum absolute atomic E-state index is 0.00761. The van der Waals surface area contributed by atoms with E-state index in [1.807, 2.05) is 0 Å². The minimum Gasteiger partial charge on any atom is -0.480 e. The van der Waals surface area contributed by atoms with Crippen LogP contribution in [0.3, 0.4) is 0 Å². The van der Waals surface area contributed by atoms with Gasteiger partial charge in [-0.1, -0.05) is 24.9 Å². The third-order valence-electron chi connectivity index (χ3n) is 2.29. The van der Waals surface area contributed by atoms with Gasteiger partial charge in [0.25, 0.3) is 6.01 Å². The van der Waals surface area contributed by atoms with E-state index >= 15 is 0 Å². The van der Waals surface area contributed by atoms with Gasteiger partial charge in [-0.05, 0) is 12.5 Å².